The maximum absolute atomic E-state index is 11.4. The number of benzene rings is 1. The highest BCUT2D eigenvalue weighted by atomic mass is 79.9. The van der Waals surface area contributed by atoms with Gasteiger partial charge in [0, 0.05) is 6.42 Å². The van der Waals surface area contributed by atoms with Crippen molar-refractivity contribution in [2.75, 3.05) is 7.11 Å². The first-order chi connectivity index (χ1) is 8.58. The highest BCUT2D eigenvalue weighted by molar-refractivity contribution is 9.10. The summed E-state index contributed by atoms with van der Waals surface area (Å²) in [5, 5.41) is 9.37. The van der Waals surface area contributed by atoms with E-state index in [9.17, 15) is 9.90 Å². The summed E-state index contributed by atoms with van der Waals surface area (Å²) >= 11 is 3.29. The molecular weight excluding hydrogens is 296 g/mol. The molecule has 0 saturated carbocycles. The fraction of sp³-hybridized carbons (Fsp3) is 0.214. The molecule has 18 heavy (non-hydrogen) atoms. The number of aliphatic carboxylic acids is 1. The van der Waals surface area contributed by atoms with Crippen LogP contribution in [0.1, 0.15) is 12.0 Å². The van der Waals surface area contributed by atoms with E-state index in [4.69, 9.17) is 4.74 Å². The van der Waals surface area contributed by atoms with Crippen molar-refractivity contribution in [1.29, 1.82) is 0 Å². The minimum absolute atomic E-state index is 0.353. The van der Waals surface area contributed by atoms with Gasteiger partial charge >= 0.3 is 5.97 Å². The van der Waals surface area contributed by atoms with E-state index in [2.05, 4.69) is 15.9 Å². The third-order valence-electron chi connectivity index (χ3n) is 2.96. The second-order valence-corrected chi connectivity index (χ2v) is 5.43. The molecule has 1 atom stereocenters. The van der Waals surface area contributed by atoms with Gasteiger partial charge in [0.1, 0.15) is 5.76 Å². The van der Waals surface area contributed by atoms with Crippen LogP contribution >= 0.6 is 15.9 Å². The minimum Gasteiger partial charge on any atom is -0.499 e. The molecule has 1 aromatic rings. The molecule has 0 saturated heterocycles. The number of carboxylic acid groups (broad SMARTS) is 1. The smallest absolute Gasteiger partial charge is 0.328 e. The molecule has 0 bridgehead atoms. The lowest BCUT2D eigenvalue weighted by atomic mass is 9.88. The van der Waals surface area contributed by atoms with Crippen molar-refractivity contribution in [3.05, 3.63) is 53.8 Å². The Hall–Kier alpha value is -1.55. The third kappa shape index (κ3) is 2.20. The van der Waals surface area contributed by atoms with E-state index >= 15 is 0 Å². The number of carboxylic acids is 1. The molecule has 2 rings (SSSR count). The summed E-state index contributed by atoms with van der Waals surface area (Å²) < 4.78 is 3.96. The van der Waals surface area contributed by atoms with E-state index in [1.165, 1.54) is 7.11 Å². The van der Waals surface area contributed by atoms with Crippen LogP contribution in [-0.4, -0.2) is 22.5 Å². The summed E-state index contributed by atoms with van der Waals surface area (Å²) in [6, 6.07) is 9.73. The van der Waals surface area contributed by atoms with E-state index in [1.54, 1.807) is 6.08 Å². The van der Waals surface area contributed by atoms with Gasteiger partial charge in [0.2, 0.25) is 0 Å². The molecule has 0 amide bonds. The van der Waals surface area contributed by atoms with Crippen molar-refractivity contribution in [2.45, 2.75) is 10.7 Å². The monoisotopic (exact) mass is 308 g/mol. The molecule has 3 nitrogen and oxygen atoms in total. The summed E-state index contributed by atoms with van der Waals surface area (Å²) in [5.41, 5.74) is 1.99. The van der Waals surface area contributed by atoms with Gasteiger partial charge in [-0.15, -0.1) is 0 Å². The van der Waals surface area contributed by atoms with Gasteiger partial charge in [-0.1, -0.05) is 52.3 Å². The number of allylic oxidation sites excluding steroid dienone is 3. The lowest BCUT2D eigenvalue weighted by Gasteiger charge is -2.28. The molecule has 0 heterocycles. The lowest BCUT2D eigenvalue weighted by molar-refractivity contribution is -0.139. The Morgan fingerprint density at radius 3 is 2.56 bits per heavy atom. The van der Waals surface area contributed by atoms with Gasteiger partial charge < -0.3 is 9.84 Å². The van der Waals surface area contributed by atoms with Crippen LogP contribution in [0.4, 0.5) is 0 Å². The van der Waals surface area contributed by atoms with Crippen LogP contribution < -0.4 is 0 Å². The predicted molar refractivity (Wildman–Crippen MR) is 73.4 cm³/mol. The van der Waals surface area contributed by atoms with Crippen LogP contribution in [0.5, 0.6) is 0 Å². The number of hydrogen-bond acceptors (Lipinski definition) is 2. The summed E-state index contributed by atoms with van der Waals surface area (Å²) in [4.78, 5) is 11.4. The number of ether oxygens (including phenoxy) is 1. The Morgan fingerprint density at radius 2 is 2.00 bits per heavy atom. The third-order valence-corrected chi connectivity index (χ3v) is 3.97. The molecule has 0 radical (unpaired) electrons. The zero-order valence-electron chi connectivity index (χ0n) is 9.89. The normalized spacial score (nSPS) is 23.0. The molecule has 4 heteroatoms. The first-order valence-corrected chi connectivity index (χ1v) is 6.30. The number of hydrogen-bond donors (Lipinski definition) is 1. The van der Waals surface area contributed by atoms with E-state index in [-0.39, 0.29) is 0 Å². The second-order valence-electron chi connectivity index (χ2n) is 4.08. The van der Waals surface area contributed by atoms with E-state index in [0.717, 1.165) is 11.1 Å². The number of alkyl halides is 1. The first-order valence-electron chi connectivity index (χ1n) is 5.51. The summed E-state index contributed by atoms with van der Waals surface area (Å²) in [6.45, 7) is 0. The molecule has 1 unspecified atom stereocenters. The molecule has 0 spiro atoms. The van der Waals surface area contributed by atoms with Gasteiger partial charge in [0.25, 0.3) is 0 Å². The average molecular weight is 309 g/mol. The SMILES string of the molecule is COC1=CC=C(c2ccccc2)CC1(Br)C(=O)O. The zero-order valence-corrected chi connectivity index (χ0v) is 11.5. The Labute approximate surface area is 114 Å². The summed E-state index contributed by atoms with van der Waals surface area (Å²) in [6.07, 6.45) is 3.96. The summed E-state index contributed by atoms with van der Waals surface area (Å²) in [7, 11) is 1.48. The number of carbonyl (C=O) groups is 1. The van der Waals surface area contributed by atoms with Crippen LogP contribution in [-0.2, 0) is 9.53 Å². The first kappa shape index (κ1) is 12.9. The van der Waals surface area contributed by atoms with Gasteiger partial charge in [-0.3, -0.25) is 4.79 Å². The molecule has 0 aromatic heterocycles. The average Bonchev–Trinajstić information content (AvgIpc) is 2.39. The fourth-order valence-corrected chi connectivity index (χ4v) is 2.57. The Kier molecular flexibility index (Phi) is 3.57. The van der Waals surface area contributed by atoms with Crippen molar-refractivity contribution < 1.29 is 14.6 Å². The van der Waals surface area contributed by atoms with Crippen molar-refractivity contribution in [3.63, 3.8) is 0 Å². The van der Waals surface area contributed by atoms with Crippen LogP contribution in [0.3, 0.4) is 0 Å². The van der Waals surface area contributed by atoms with E-state index in [1.807, 2.05) is 36.4 Å². The molecule has 94 valence electrons. The highest BCUT2D eigenvalue weighted by Gasteiger charge is 2.43. The fourth-order valence-electron chi connectivity index (χ4n) is 1.98. The molecule has 0 aliphatic heterocycles. The Morgan fingerprint density at radius 1 is 1.33 bits per heavy atom. The zero-order chi connectivity index (χ0) is 13.2. The van der Waals surface area contributed by atoms with Crippen LogP contribution in [0.2, 0.25) is 0 Å². The maximum atomic E-state index is 11.4. The van der Waals surface area contributed by atoms with Crippen molar-refractivity contribution >= 4 is 27.5 Å². The van der Waals surface area contributed by atoms with Gasteiger partial charge in [0.15, 0.2) is 4.32 Å². The molecule has 1 N–H and O–H groups in total. The van der Waals surface area contributed by atoms with Crippen LogP contribution in [0.25, 0.3) is 5.57 Å². The van der Waals surface area contributed by atoms with Crippen molar-refractivity contribution in [1.82, 2.24) is 0 Å². The second kappa shape index (κ2) is 4.98. The standard InChI is InChI=1S/C14H13BrO3/c1-18-12-8-7-11(9-14(12,15)13(16)17)10-5-3-2-4-6-10/h2-8H,9H2,1H3,(H,16,17). The Bertz CT molecular complexity index is 519. The van der Waals surface area contributed by atoms with Gasteiger partial charge in [0.05, 0.1) is 7.11 Å². The number of halogens is 1. The maximum Gasteiger partial charge on any atom is 0.328 e. The largest absolute Gasteiger partial charge is 0.499 e. The van der Waals surface area contributed by atoms with Crippen LogP contribution in [0, 0.1) is 0 Å². The number of methoxy groups -OCH3 is 1. The summed E-state index contributed by atoms with van der Waals surface area (Å²) in [5.74, 6) is -0.535. The quantitative estimate of drug-likeness (QED) is 0.872. The van der Waals surface area contributed by atoms with E-state index < -0.39 is 10.3 Å². The topological polar surface area (TPSA) is 46.5 Å². The lowest BCUT2D eigenvalue weighted by Crippen LogP contribution is -2.36. The molecule has 1 aliphatic carbocycles. The van der Waals surface area contributed by atoms with Crippen molar-refractivity contribution in [2.24, 2.45) is 0 Å². The van der Waals surface area contributed by atoms with Crippen molar-refractivity contribution in [3.8, 4) is 0 Å². The van der Waals surface area contributed by atoms with Gasteiger partial charge in [-0.25, -0.2) is 0 Å². The van der Waals surface area contributed by atoms with Gasteiger partial charge in [-0.2, -0.15) is 0 Å². The molecule has 1 aromatic carbocycles. The van der Waals surface area contributed by atoms with E-state index in [0.29, 0.717) is 12.2 Å². The molecule has 1 aliphatic rings. The predicted octanol–water partition coefficient (Wildman–Crippen LogP) is 3.22. The molecule has 0 fully saturated rings. The minimum atomic E-state index is -1.18. The van der Waals surface area contributed by atoms with Gasteiger partial charge in [-0.05, 0) is 17.2 Å². The number of rotatable bonds is 3. The Balaban J connectivity index is 2.41. The highest BCUT2D eigenvalue weighted by Crippen LogP contribution is 2.41. The van der Waals surface area contributed by atoms with Crippen LogP contribution in [0.15, 0.2) is 48.2 Å². The molecular formula is C14H13BrO3.